The van der Waals surface area contributed by atoms with E-state index in [9.17, 15) is 18.0 Å². The number of fused-ring (bicyclic) bond motifs is 3. The third-order valence-corrected chi connectivity index (χ3v) is 9.35. The molecule has 4 aliphatic rings. The van der Waals surface area contributed by atoms with Crippen LogP contribution < -0.4 is 16.0 Å². The molecule has 3 N–H and O–H groups in total. The fourth-order valence-corrected chi connectivity index (χ4v) is 8.17. The van der Waals surface area contributed by atoms with Gasteiger partial charge < -0.3 is 16.0 Å². The Morgan fingerprint density at radius 3 is 2.52 bits per heavy atom. The van der Waals surface area contributed by atoms with E-state index in [-0.39, 0.29) is 41.6 Å². The number of nitrogens with one attached hydrogen (secondary N) is 3. The lowest BCUT2D eigenvalue weighted by molar-refractivity contribution is -0.115. The molecule has 0 unspecified atom stereocenters. The predicted molar refractivity (Wildman–Crippen MR) is 117 cm³/mol. The normalized spacial score (nSPS) is 28.9. The first-order valence-electron chi connectivity index (χ1n) is 11.3. The van der Waals surface area contributed by atoms with Gasteiger partial charge >= 0.3 is 0 Å². The molecule has 1 aromatic rings. The van der Waals surface area contributed by atoms with E-state index in [0.29, 0.717) is 24.8 Å². The van der Waals surface area contributed by atoms with Gasteiger partial charge in [-0.3, -0.25) is 9.59 Å². The average Bonchev–Trinajstić information content (AvgIpc) is 3.24. The number of piperidine rings is 2. The van der Waals surface area contributed by atoms with Crippen molar-refractivity contribution in [2.45, 2.75) is 63.1 Å². The monoisotopic (exact) mass is 446 g/mol. The number of amides is 2. The van der Waals surface area contributed by atoms with Crippen molar-refractivity contribution < 1.29 is 18.0 Å². The van der Waals surface area contributed by atoms with E-state index in [4.69, 9.17) is 0 Å². The summed E-state index contributed by atoms with van der Waals surface area (Å²) in [7, 11) is -3.28. The fraction of sp³-hybridized carbons (Fsp3) is 0.636. The second-order valence-corrected chi connectivity index (χ2v) is 11.3. The lowest BCUT2D eigenvalue weighted by Gasteiger charge is -2.39. The molecule has 9 heteroatoms. The Bertz CT molecular complexity index is 975. The van der Waals surface area contributed by atoms with Crippen LogP contribution >= 0.6 is 0 Å². The lowest BCUT2D eigenvalue weighted by atomic mass is 9.99. The van der Waals surface area contributed by atoms with Crippen LogP contribution in [0.4, 0.5) is 5.69 Å². The van der Waals surface area contributed by atoms with Gasteiger partial charge in [0, 0.05) is 29.4 Å². The van der Waals surface area contributed by atoms with Crippen LogP contribution in [0.1, 0.15) is 54.4 Å². The number of sulfonamides is 1. The Labute approximate surface area is 183 Å². The van der Waals surface area contributed by atoms with E-state index in [1.807, 2.05) is 0 Å². The summed E-state index contributed by atoms with van der Waals surface area (Å²) in [4.78, 5) is 24.4. The van der Waals surface area contributed by atoms with Gasteiger partial charge in [-0.1, -0.05) is 0 Å². The maximum atomic E-state index is 13.2. The minimum atomic E-state index is -3.28. The van der Waals surface area contributed by atoms with Gasteiger partial charge in [0.25, 0.3) is 5.91 Å². The molecule has 3 saturated heterocycles. The van der Waals surface area contributed by atoms with Crippen LogP contribution in [0.3, 0.4) is 0 Å². The first-order chi connectivity index (χ1) is 14.9. The first-order valence-corrected chi connectivity index (χ1v) is 13.0. The van der Waals surface area contributed by atoms with Crippen LogP contribution in [-0.4, -0.2) is 61.5 Å². The highest BCUT2D eigenvalue weighted by Gasteiger charge is 2.47. The summed E-state index contributed by atoms with van der Waals surface area (Å²) < 4.78 is 28.2. The minimum absolute atomic E-state index is 0.0161. The van der Waals surface area contributed by atoms with E-state index < -0.39 is 10.0 Å². The van der Waals surface area contributed by atoms with Crippen LogP contribution in [0.5, 0.6) is 0 Å². The molecule has 2 bridgehead atoms. The number of anilines is 1. The number of hydrogen-bond donors (Lipinski definition) is 3. The topological polar surface area (TPSA) is 108 Å². The highest BCUT2D eigenvalue weighted by molar-refractivity contribution is 7.89. The zero-order chi connectivity index (χ0) is 21.6. The lowest BCUT2D eigenvalue weighted by Crippen LogP contribution is -2.53. The molecule has 1 aromatic carbocycles. The van der Waals surface area contributed by atoms with E-state index in [2.05, 4.69) is 16.0 Å². The molecule has 0 aliphatic carbocycles. The molecule has 0 aromatic heterocycles. The van der Waals surface area contributed by atoms with Gasteiger partial charge in [-0.15, -0.1) is 0 Å². The van der Waals surface area contributed by atoms with E-state index in [0.717, 1.165) is 50.0 Å². The molecule has 3 fully saturated rings. The summed E-state index contributed by atoms with van der Waals surface area (Å²) in [6, 6.07) is 5.22. The van der Waals surface area contributed by atoms with Gasteiger partial charge in [-0.25, -0.2) is 8.42 Å². The van der Waals surface area contributed by atoms with Crippen molar-refractivity contribution in [2.75, 3.05) is 24.2 Å². The molecule has 31 heavy (non-hydrogen) atoms. The molecule has 0 radical (unpaired) electrons. The predicted octanol–water partition coefficient (Wildman–Crippen LogP) is 1.24. The quantitative estimate of drug-likeness (QED) is 0.631. The Morgan fingerprint density at radius 2 is 1.81 bits per heavy atom. The summed E-state index contributed by atoms with van der Waals surface area (Å²) in [5, 5.41) is 9.19. The van der Waals surface area contributed by atoms with Crippen LogP contribution in [0.15, 0.2) is 18.2 Å². The van der Waals surface area contributed by atoms with Gasteiger partial charge in [0.2, 0.25) is 15.9 Å². The summed E-state index contributed by atoms with van der Waals surface area (Å²) in [5.74, 6) is 0.282. The van der Waals surface area contributed by atoms with Gasteiger partial charge in [0.15, 0.2) is 0 Å². The van der Waals surface area contributed by atoms with Gasteiger partial charge in [-0.05, 0) is 81.3 Å². The van der Waals surface area contributed by atoms with Crippen molar-refractivity contribution in [1.29, 1.82) is 0 Å². The summed E-state index contributed by atoms with van der Waals surface area (Å²) in [6.45, 7) is 1.79. The molecule has 168 valence electrons. The van der Waals surface area contributed by atoms with Gasteiger partial charge in [-0.2, -0.15) is 4.31 Å². The maximum absolute atomic E-state index is 13.2. The van der Waals surface area contributed by atoms with Crippen LogP contribution in [0.2, 0.25) is 0 Å². The van der Waals surface area contributed by atoms with Crippen molar-refractivity contribution in [1.82, 2.24) is 14.9 Å². The van der Waals surface area contributed by atoms with Gasteiger partial charge in [0.05, 0.1) is 12.2 Å². The molecule has 2 amide bonds. The molecule has 5 rings (SSSR count). The third kappa shape index (κ3) is 4.23. The highest BCUT2D eigenvalue weighted by atomic mass is 32.2. The molecule has 3 atom stereocenters. The maximum Gasteiger partial charge on any atom is 0.251 e. The number of carbonyl (C=O) groups is 2. The zero-order valence-electron chi connectivity index (χ0n) is 17.6. The van der Waals surface area contributed by atoms with Crippen molar-refractivity contribution in [3.63, 3.8) is 0 Å². The zero-order valence-corrected chi connectivity index (χ0v) is 18.4. The molecular formula is C22H30N4O4S. The van der Waals surface area contributed by atoms with E-state index in [1.165, 1.54) is 0 Å². The number of rotatable bonds is 5. The van der Waals surface area contributed by atoms with Crippen molar-refractivity contribution in [3.05, 3.63) is 29.3 Å². The standard InChI is InChI=1S/C22H30N4O4S/c27-21-10-16-9-15(1-4-20(16)25-21)22(28)24-17-11-18-2-3-19(12-17)26(18)31(29,30)13-14-5-7-23-8-6-14/h1,4,9,14,17-19,23H,2-3,5-8,10-13H2,(H,24,28)(H,25,27)/t17-,18-,19+. The van der Waals surface area contributed by atoms with E-state index >= 15 is 0 Å². The molecular weight excluding hydrogens is 416 g/mol. The Morgan fingerprint density at radius 1 is 1.10 bits per heavy atom. The summed E-state index contributed by atoms with van der Waals surface area (Å²) in [5.41, 5.74) is 2.16. The molecule has 0 saturated carbocycles. The first kappa shape index (κ1) is 20.9. The summed E-state index contributed by atoms with van der Waals surface area (Å²) >= 11 is 0. The smallest absolute Gasteiger partial charge is 0.251 e. The fourth-order valence-electron chi connectivity index (χ4n) is 5.78. The molecule has 4 heterocycles. The number of benzene rings is 1. The van der Waals surface area contributed by atoms with Crippen LogP contribution in [-0.2, 0) is 21.2 Å². The Hall–Kier alpha value is -1.97. The Kier molecular flexibility index (Phi) is 5.52. The third-order valence-electron chi connectivity index (χ3n) is 7.22. The average molecular weight is 447 g/mol. The Balaban J connectivity index is 1.22. The van der Waals surface area contributed by atoms with Crippen molar-refractivity contribution in [3.8, 4) is 0 Å². The van der Waals surface area contributed by atoms with Crippen molar-refractivity contribution in [2.24, 2.45) is 5.92 Å². The van der Waals surface area contributed by atoms with Gasteiger partial charge in [0.1, 0.15) is 0 Å². The SMILES string of the molecule is O=C1Cc2cc(C(=O)N[C@@H]3C[C@H]4CC[C@@H](C3)N4S(=O)(=O)CC3CCNCC3)ccc2N1. The highest BCUT2D eigenvalue weighted by Crippen LogP contribution is 2.39. The minimum Gasteiger partial charge on any atom is -0.349 e. The van der Waals surface area contributed by atoms with Crippen molar-refractivity contribution >= 4 is 27.5 Å². The second kappa shape index (κ2) is 8.18. The number of hydrogen-bond acceptors (Lipinski definition) is 5. The largest absolute Gasteiger partial charge is 0.349 e. The second-order valence-electron chi connectivity index (χ2n) is 9.43. The molecule has 0 spiro atoms. The number of carbonyl (C=O) groups excluding carboxylic acids is 2. The summed E-state index contributed by atoms with van der Waals surface area (Å²) in [6.07, 6.45) is 5.21. The molecule has 8 nitrogen and oxygen atoms in total. The van der Waals surface area contributed by atoms with E-state index in [1.54, 1.807) is 22.5 Å². The van der Waals surface area contributed by atoms with Crippen LogP contribution in [0.25, 0.3) is 0 Å². The van der Waals surface area contributed by atoms with Crippen LogP contribution in [0, 0.1) is 5.92 Å². The number of nitrogens with zero attached hydrogens (tertiary/aromatic N) is 1. The molecule has 4 aliphatic heterocycles.